The van der Waals surface area contributed by atoms with Crippen LogP contribution in [-0.2, 0) is 9.53 Å². The molecule has 8 nitrogen and oxygen atoms in total. The molecule has 2 fully saturated rings. The number of hydrogen-bond donors (Lipinski definition) is 0. The predicted octanol–water partition coefficient (Wildman–Crippen LogP) is 5.18. The summed E-state index contributed by atoms with van der Waals surface area (Å²) in [6, 6.07) is 11.1. The second-order valence-electron chi connectivity index (χ2n) is 8.21. The highest BCUT2D eigenvalue weighted by Crippen LogP contribution is 2.38. The van der Waals surface area contributed by atoms with Crippen molar-refractivity contribution >= 4 is 63.1 Å². The van der Waals surface area contributed by atoms with Crippen molar-refractivity contribution in [2.75, 3.05) is 46.1 Å². The maximum absolute atomic E-state index is 13.2. The van der Waals surface area contributed by atoms with E-state index in [4.69, 9.17) is 19.2 Å². The first kappa shape index (κ1) is 27.5. The fraction of sp³-hybridized carbons (Fsp3) is 0.370. The van der Waals surface area contributed by atoms with Crippen molar-refractivity contribution in [1.29, 1.82) is 0 Å². The number of amidine groups is 1. The largest absolute Gasteiger partial charge is 0.490 e. The number of ether oxygens (including phenoxy) is 3. The molecule has 2 amide bonds. The molecule has 10 heteroatoms. The fourth-order valence-corrected chi connectivity index (χ4v) is 5.85. The number of thioether (sulfide) groups is 1. The molecule has 0 saturated carbocycles. The maximum atomic E-state index is 13.2. The number of halogens is 1. The van der Waals surface area contributed by atoms with Crippen molar-refractivity contribution in [2.45, 2.75) is 20.8 Å². The van der Waals surface area contributed by atoms with Gasteiger partial charge in [0.1, 0.15) is 0 Å². The molecule has 0 unspecified atom stereocenters. The van der Waals surface area contributed by atoms with Crippen molar-refractivity contribution < 1.29 is 23.8 Å². The highest BCUT2D eigenvalue weighted by Gasteiger charge is 2.32. The van der Waals surface area contributed by atoms with E-state index in [1.165, 1.54) is 11.8 Å². The number of morpholine rings is 1. The Morgan fingerprint density at radius 2 is 1.89 bits per heavy atom. The van der Waals surface area contributed by atoms with Crippen molar-refractivity contribution in [3.05, 3.63) is 56.0 Å². The zero-order chi connectivity index (χ0) is 26.4. The van der Waals surface area contributed by atoms with Crippen LogP contribution < -0.4 is 9.47 Å². The normalized spacial score (nSPS) is 18.1. The van der Waals surface area contributed by atoms with E-state index in [-0.39, 0.29) is 11.8 Å². The van der Waals surface area contributed by atoms with E-state index in [0.717, 1.165) is 9.13 Å². The molecule has 2 aromatic carbocycles. The molecule has 2 heterocycles. The number of rotatable bonds is 8. The third-order valence-corrected chi connectivity index (χ3v) is 7.55. The van der Waals surface area contributed by atoms with Crippen LogP contribution in [0.15, 0.2) is 46.3 Å². The van der Waals surface area contributed by atoms with Gasteiger partial charge in [-0.25, -0.2) is 4.99 Å². The van der Waals surface area contributed by atoms with Gasteiger partial charge >= 0.3 is 0 Å². The monoisotopic (exact) mass is 635 g/mol. The van der Waals surface area contributed by atoms with E-state index in [2.05, 4.69) is 22.6 Å². The molecule has 0 aliphatic carbocycles. The maximum Gasteiger partial charge on any atom is 0.266 e. The Labute approximate surface area is 235 Å². The zero-order valence-electron chi connectivity index (χ0n) is 21.2. The number of likely N-dealkylation sites (N-methyl/N-ethyl adjacent to an activating group) is 1. The van der Waals surface area contributed by atoms with E-state index < -0.39 is 0 Å². The van der Waals surface area contributed by atoms with Gasteiger partial charge in [0.05, 0.1) is 40.6 Å². The van der Waals surface area contributed by atoms with Gasteiger partial charge in [-0.1, -0.05) is 6.07 Å². The quantitative estimate of drug-likeness (QED) is 0.294. The standard InChI is InChI=1S/C27H30IN3O5S/c1-4-31-26(33)23(16-18-14-21(28)24(36-6-3)22(15-18)35-5-2)37-27(31)29-20-9-7-8-19(17-20)25(32)30-10-12-34-13-11-30/h7-9,14-17H,4-6,10-13H2,1-3H3/b23-16+,29-27?. The molecule has 196 valence electrons. The summed E-state index contributed by atoms with van der Waals surface area (Å²) in [7, 11) is 0. The minimum atomic E-state index is -0.103. The highest BCUT2D eigenvalue weighted by molar-refractivity contribution is 14.1. The van der Waals surface area contributed by atoms with Crippen LogP contribution >= 0.6 is 34.4 Å². The minimum absolute atomic E-state index is 0.0383. The lowest BCUT2D eigenvalue weighted by molar-refractivity contribution is -0.122. The molecular weight excluding hydrogens is 605 g/mol. The van der Waals surface area contributed by atoms with E-state index in [0.29, 0.717) is 78.9 Å². The van der Waals surface area contributed by atoms with Gasteiger partial charge in [0.2, 0.25) is 0 Å². The third-order valence-electron chi connectivity index (χ3n) is 5.74. The molecule has 0 aromatic heterocycles. The average molecular weight is 636 g/mol. The third kappa shape index (κ3) is 6.47. The number of aliphatic imine (C=N–C) groups is 1. The lowest BCUT2D eigenvalue weighted by Crippen LogP contribution is -2.40. The molecule has 0 radical (unpaired) electrons. The van der Waals surface area contributed by atoms with Crippen molar-refractivity contribution in [1.82, 2.24) is 9.80 Å². The molecule has 0 bridgehead atoms. The van der Waals surface area contributed by atoms with Crippen molar-refractivity contribution in [3.8, 4) is 11.5 Å². The SMILES string of the molecule is CCOc1cc(/C=C2/SC(=Nc3cccc(C(=O)N4CCOCC4)c3)N(CC)C2=O)cc(I)c1OCC. The Morgan fingerprint density at radius 3 is 2.59 bits per heavy atom. The van der Waals surface area contributed by atoms with Gasteiger partial charge in [-0.3, -0.25) is 14.5 Å². The molecular formula is C27H30IN3O5S. The van der Waals surface area contributed by atoms with E-state index in [1.54, 1.807) is 21.9 Å². The summed E-state index contributed by atoms with van der Waals surface area (Å²) < 4.78 is 17.8. The molecule has 4 rings (SSSR count). The number of carbonyl (C=O) groups is 2. The molecule has 2 saturated heterocycles. The second-order valence-corrected chi connectivity index (χ2v) is 10.4. The Balaban J connectivity index is 1.61. The molecule has 0 N–H and O–H groups in total. The number of amides is 2. The number of carbonyl (C=O) groups excluding carboxylic acids is 2. The van der Waals surface area contributed by atoms with Gasteiger partial charge in [0.25, 0.3) is 11.8 Å². The summed E-state index contributed by atoms with van der Waals surface area (Å²) in [4.78, 5) is 34.9. The summed E-state index contributed by atoms with van der Waals surface area (Å²) in [6.07, 6.45) is 1.86. The first-order valence-electron chi connectivity index (χ1n) is 12.3. The second kappa shape index (κ2) is 12.8. The summed E-state index contributed by atoms with van der Waals surface area (Å²) in [5.74, 6) is 1.22. The first-order valence-corrected chi connectivity index (χ1v) is 14.2. The Bertz CT molecular complexity index is 1230. The van der Waals surface area contributed by atoms with E-state index in [1.807, 2.05) is 51.1 Å². The minimum Gasteiger partial charge on any atom is -0.490 e. The predicted molar refractivity (Wildman–Crippen MR) is 155 cm³/mol. The Kier molecular flexibility index (Phi) is 9.49. The zero-order valence-corrected chi connectivity index (χ0v) is 24.1. The van der Waals surface area contributed by atoms with Crippen LogP contribution in [0.4, 0.5) is 5.69 Å². The van der Waals surface area contributed by atoms with Gasteiger partial charge in [0.15, 0.2) is 16.7 Å². The lowest BCUT2D eigenvalue weighted by atomic mass is 10.1. The molecule has 0 spiro atoms. The fourth-order valence-electron chi connectivity index (χ4n) is 4.01. The smallest absolute Gasteiger partial charge is 0.266 e. The summed E-state index contributed by atoms with van der Waals surface area (Å²) in [5, 5.41) is 0.584. The molecule has 2 aliphatic rings. The Morgan fingerprint density at radius 1 is 1.14 bits per heavy atom. The van der Waals surface area contributed by atoms with Gasteiger partial charge < -0.3 is 19.1 Å². The Hall–Kier alpha value is -2.57. The van der Waals surface area contributed by atoms with Crippen LogP contribution in [0.25, 0.3) is 6.08 Å². The van der Waals surface area contributed by atoms with E-state index in [9.17, 15) is 9.59 Å². The van der Waals surface area contributed by atoms with Gasteiger partial charge in [-0.05, 0) is 97.1 Å². The summed E-state index contributed by atoms with van der Waals surface area (Å²) in [6.45, 7) is 9.57. The van der Waals surface area contributed by atoms with Gasteiger partial charge in [0, 0.05) is 25.2 Å². The number of nitrogens with zero attached hydrogens (tertiary/aromatic N) is 3. The van der Waals surface area contributed by atoms with Gasteiger partial charge in [-0.15, -0.1) is 0 Å². The van der Waals surface area contributed by atoms with Crippen LogP contribution in [0.2, 0.25) is 0 Å². The molecule has 0 atom stereocenters. The van der Waals surface area contributed by atoms with Gasteiger partial charge in [-0.2, -0.15) is 0 Å². The van der Waals surface area contributed by atoms with Crippen LogP contribution in [-0.4, -0.2) is 72.8 Å². The topological polar surface area (TPSA) is 80.7 Å². The lowest BCUT2D eigenvalue weighted by Gasteiger charge is -2.26. The van der Waals surface area contributed by atoms with E-state index >= 15 is 0 Å². The molecule has 37 heavy (non-hydrogen) atoms. The average Bonchev–Trinajstić information content (AvgIpc) is 3.19. The molecule has 2 aliphatic heterocycles. The van der Waals surface area contributed by atoms with Crippen LogP contribution in [0, 0.1) is 3.57 Å². The van der Waals surface area contributed by atoms with Crippen LogP contribution in [0.5, 0.6) is 11.5 Å². The number of benzene rings is 2. The van der Waals surface area contributed by atoms with Crippen molar-refractivity contribution in [3.63, 3.8) is 0 Å². The highest BCUT2D eigenvalue weighted by atomic mass is 127. The summed E-state index contributed by atoms with van der Waals surface area (Å²) >= 11 is 3.55. The van der Waals surface area contributed by atoms with Crippen molar-refractivity contribution in [2.24, 2.45) is 4.99 Å². The van der Waals surface area contributed by atoms with Crippen LogP contribution in [0.3, 0.4) is 0 Å². The number of hydrogen-bond acceptors (Lipinski definition) is 7. The first-order chi connectivity index (χ1) is 17.9. The summed E-state index contributed by atoms with van der Waals surface area (Å²) in [5.41, 5.74) is 2.05. The van der Waals surface area contributed by atoms with Crippen LogP contribution in [0.1, 0.15) is 36.7 Å². The molecule has 2 aromatic rings.